The van der Waals surface area contributed by atoms with Gasteiger partial charge in [-0.1, -0.05) is 48.0 Å². The first kappa shape index (κ1) is 39.1. The van der Waals surface area contributed by atoms with Crippen LogP contribution in [-0.2, 0) is 19.2 Å². The van der Waals surface area contributed by atoms with Crippen LogP contribution in [0.2, 0.25) is 0 Å². The predicted molar refractivity (Wildman–Crippen MR) is 222 cm³/mol. The van der Waals surface area contributed by atoms with E-state index in [1.807, 2.05) is 43.3 Å². The Morgan fingerprint density at radius 1 is 0.820 bits per heavy atom. The third-order valence-corrected chi connectivity index (χ3v) is 12.3. The van der Waals surface area contributed by atoms with Crippen LogP contribution in [0.5, 0.6) is 0 Å². The highest BCUT2D eigenvalue weighted by Gasteiger charge is 2.46. The molecule has 61 heavy (non-hydrogen) atoms. The van der Waals surface area contributed by atoms with Crippen molar-refractivity contribution in [2.45, 2.75) is 51.1 Å². The van der Waals surface area contributed by atoms with Gasteiger partial charge < -0.3 is 15.1 Å². The molecule has 6 heterocycles. The van der Waals surface area contributed by atoms with Gasteiger partial charge in [-0.3, -0.25) is 48.3 Å². The molecule has 3 aromatic carbocycles. The Morgan fingerprint density at radius 2 is 1.54 bits per heavy atom. The minimum Gasteiger partial charge on any atom is -0.371 e. The van der Waals surface area contributed by atoms with Crippen LogP contribution in [0.1, 0.15) is 69.5 Å². The first-order valence-electron chi connectivity index (χ1n) is 20.3. The summed E-state index contributed by atoms with van der Waals surface area (Å²) in [5.41, 5.74) is 4.89. The van der Waals surface area contributed by atoms with Gasteiger partial charge in [-0.15, -0.1) is 0 Å². The minimum absolute atomic E-state index is 0.0513. The molecule has 0 spiro atoms. The van der Waals surface area contributed by atoms with E-state index in [-0.39, 0.29) is 58.5 Å². The molecule has 0 bridgehead atoms. The number of para-hydroxylation sites is 2. The Morgan fingerprint density at radius 3 is 2.25 bits per heavy atom. The van der Waals surface area contributed by atoms with Crippen LogP contribution in [0.4, 0.5) is 11.5 Å². The van der Waals surface area contributed by atoms with E-state index in [1.54, 1.807) is 39.6 Å². The quantitative estimate of drug-likeness (QED) is 0.179. The second-order valence-corrected chi connectivity index (χ2v) is 15.8. The lowest BCUT2D eigenvalue weighted by Gasteiger charge is -2.43. The van der Waals surface area contributed by atoms with Crippen molar-refractivity contribution in [3.63, 3.8) is 0 Å². The first-order valence-corrected chi connectivity index (χ1v) is 20.3. The molecule has 16 heteroatoms. The smallest absolute Gasteiger partial charge is 0.264 e. The lowest BCUT2D eigenvalue weighted by atomic mass is 9.95. The van der Waals surface area contributed by atoms with Crippen LogP contribution in [0.3, 0.4) is 0 Å². The van der Waals surface area contributed by atoms with E-state index in [2.05, 4.69) is 32.6 Å². The minimum atomic E-state index is -1.03. The number of fused-ring (bicyclic) bond motifs is 4. The number of rotatable bonds is 7. The number of nitrogens with zero attached hydrogens (tertiary/aromatic N) is 8. The lowest BCUT2D eigenvalue weighted by Crippen LogP contribution is -2.55. The molecule has 16 nitrogen and oxygen atoms in total. The van der Waals surface area contributed by atoms with Crippen LogP contribution >= 0.6 is 0 Å². The molecule has 1 unspecified atom stereocenters. The largest absolute Gasteiger partial charge is 0.371 e. The van der Waals surface area contributed by atoms with Crippen LogP contribution in [0.25, 0.3) is 27.8 Å². The van der Waals surface area contributed by atoms with Gasteiger partial charge in [-0.25, -0.2) is 4.98 Å². The van der Waals surface area contributed by atoms with Crippen molar-refractivity contribution in [2.24, 2.45) is 0 Å². The summed E-state index contributed by atoms with van der Waals surface area (Å²) in [6.45, 7) is 5.28. The number of anilines is 2. The summed E-state index contributed by atoms with van der Waals surface area (Å²) in [6, 6.07) is 23.5. The van der Waals surface area contributed by atoms with Crippen molar-refractivity contribution in [3.05, 3.63) is 94.5 Å². The molecule has 6 amide bonds. The summed E-state index contributed by atoms with van der Waals surface area (Å²) in [7, 11) is 0. The zero-order valence-corrected chi connectivity index (χ0v) is 33.3. The molecule has 1 atom stereocenters. The van der Waals surface area contributed by atoms with Crippen LogP contribution in [-0.4, -0.2) is 111 Å². The number of piperidine rings is 2. The number of imide groups is 2. The highest BCUT2D eigenvalue weighted by Crippen LogP contribution is 2.38. The lowest BCUT2D eigenvalue weighted by molar-refractivity contribution is -0.137. The normalized spacial score (nSPS) is 18.6. The van der Waals surface area contributed by atoms with E-state index in [0.717, 1.165) is 23.3 Å². The molecule has 0 aliphatic carbocycles. The summed E-state index contributed by atoms with van der Waals surface area (Å²) >= 11 is 0. The molecule has 0 radical (unpaired) electrons. The first-order chi connectivity index (χ1) is 29.6. The molecule has 0 saturated carbocycles. The van der Waals surface area contributed by atoms with Gasteiger partial charge in [0.05, 0.1) is 27.8 Å². The highest BCUT2D eigenvalue weighted by molar-refractivity contribution is 6.25. The van der Waals surface area contributed by atoms with Gasteiger partial charge in [0.1, 0.15) is 41.5 Å². The molecule has 2 N–H and O–H groups in total. The monoisotopic (exact) mass is 816 g/mol. The number of benzene rings is 3. The second-order valence-electron chi connectivity index (χ2n) is 15.8. The topological polar surface area (TPSA) is 204 Å². The molecule has 3 fully saturated rings. The fourth-order valence-corrected chi connectivity index (χ4v) is 9.22. The maximum atomic E-state index is 13.7. The van der Waals surface area contributed by atoms with E-state index in [9.17, 15) is 39.3 Å². The van der Waals surface area contributed by atoms with E-state index in [4.69, 9.17) is 4.98 Å². The number of aromatic nitrogens is 2. The van der Waals surface area contributed by atoms with E-state index >= 15 is 0 Å². The second kappa shape index (κ2) is 15.6. The van der Waals surface area contributed by atoms with Gasteiger partial charge >= 0.3 is 0 Å². The number of pyridine rings is 1. The Labute approximate surface area is 349 Å². The predicted octanol–water partition coefficient (Wildman–Crippen LogP) is 3.75. The van der Waals surface area contributed by atoms with Crippen LogP contribution in [0.15, 0.2) is 66.7 Å². The van der Waals surface area contributed by atoms with Crippen LogP contribution in [0, 0.1) is 29.6 Å². The SMILES string of the molecule is Cc1ccc(-c2c(C#N)c(NC(=O)CC(=O)N3CCN(C4CCN(c5cccc6c5C(=O)N(C5CCC(=O)NC5=O)C6=O)CC4)CC3)n3c(nc4ccccc43)c2C#N)cc1. The fraction of sp³-hybridized carbons (Fsp3) is 0.311. The Kier molecular flexibility index (Phi) is 10.0. The van der Waals surface area contributed by atoms with E-state index < -0.39 is 42.0 Å². The van der Waals surface area contributed by atoms with Crippen molar-refractivity contribution >= 4 is 63.6 Å². The highest BCUT2D eigenvalue weighted by atomic mass is 16.2. The molecular formula is C45H40N10O6. The van der Waals surface area contributed by atoms with Gasteiger partial charge in [0.2, 0.25) is 23.6 Å². The number of hydrogen-bond donors (Lipinski definition) is 2. The Balaban J connectivity index is 0.850. The maximum absolute atomic E-state index is 13.7. The summed E-state index contributed by atoms with van der Waals surface area (Å²) in [5, 5.41) is 26.0. The number of imidazole rings is 1. The fourth-order valence-electron chi connectivity index (χ4n) is 9.22. The van der Waals surface area contributed by atoms with Gasteiger partial charge in [-0.05, 0) is 56.0 Å². The van der Waals surface area contributed by atoms with Gasteiger partial charge in [0.25, 0.3) is 11.8 Å². The number of carbonyl (C=O) groups is 6. The van der Waals surface area contributed by atoms with Gasteiger partial charge in [0.15, 0.2) is 5.65 Å². The van der Waals surface area contributed by atoms with Crippen molar-refractivity contribution in [2.75, 3.05) is 49.5 Å². The summed E-state index contributed by atoms with van der Waals surface area (Å²) in [6.07, 6.45) is 1.27. The Bertz CT molecular complexity index is 2780. The van der Waals surface area contributed by atoms with E-state index in [0.29, 0.717) is 67.1 Å². The van der Waals surface area contributed by atoms with Crippen molar-refractivity contribution in [1.82, 2.24) is 29.4 Å². The molecule has 4 aliphatic rings. The number of carbonyl (C=O) groups excluding carboxylic acids is 6. The number of nitrogens with one attached hydrogen (secondary N) is 2. The molecule has 9 rings (SSSR count). The van der Waals surface area contributed by atoms with Crippen molar-refractivity contribution in [3.8, 4) is 23.3 Å². The van der Waals surface area contributed by atoms with Crippen molar-refractivity contribution < 1.29 is 28.8 Å². The number of amides is 6. The zero-order chi connectivity index (χ0) is 42.5. The zero-order valence-electron chi connectivity index (χ0n) is 33.3. The average Bonchev–Trinajstić information content (AvgIpc) is 3.78. The molecule has 4 aliphatic heterocycles. The standard InChI is InChI=1S/C45H40N10O6/c1-26-9-11-27(12-10-26)39-30(24-46)41-48-32-6-2-3-7-33(32)54(41)42(31(39)25-47)49-37(57)23-38(58)53-21-19-51(20-22-53)28-15-17-52(18-16-28)34-8-4-5-29-40(34)45(61)55(44(29)60)35-13-14-36(56)50-43(35)59/h2-12,28,35H,13-23H2,1H3,(H,49,57)(H,50,56,59). The summed E-state index contributed by atoms with van der Waals surface area (Å²) < 4.78 is 1.61. The Hall–Kier alpha value is -7.43. The maximum Gasteiger partial charge on any atom is 0.264 e. The molecular weight excluding hydrogens is 777 g/mol. The number of nitriles is 2. The van der Waals surface area contributed by atoms with Crippen LogP contribution < -0.4 is 15.5 Å². The van der Waals surface area contributed by atoms with E-state index in [1.165, 1.54) is 0 Å². The molecule has 2 aromatic heterocycles. The van der Waals surface area contributed by atoms with Crippen molar-refractivity contribution in [1.29, 1.82) is 10.5 Å². The average molecular weight is 817 g/mol. The van der Waals surface area contributed by atoms with Gasteiger partial charge in [0, 0.05) is 57.3 Å². The summed E-state index contributed by atoms with van der Waals surface area (Å²) in [4.78, 5) is 90.5. The third-order valence-electron chi connectivity index (χ3n) is 12.3. The number of hydrogen-bond acceptors (Lipinski definition) is 11. The molecule has 306 valence electrons. The summed E-state index contributed by atoms with van der Waals surface area (Å²) in [5.74, 6) is -2.93. The number of aryl methyl sites for hydroxylation is 1. The third kappa shape index (κ3) is 6.80. The molecule has 3 saturated heterocycles. The number of piperazine rings is 1. The van der Waals surface area contributed by atoms with Gasteiger partial charge in [-0.2, -0.15) is 10.5 Å². The molecule has 5 aromatic rings.